The first-order chi connectivity index (χ1) is 31.3. The summed E-state index contributed by atoms with van der Waals surface area (Å²) in [5, 5.41) is 0. The number of ether oxygens (including phenoxy) is 4. The first kappa shape index (κ1) is 42.6. The summed E-state index contributed by atoms with van der Waals surface area (Å²) in [4.78, 5) is 14.2. The van der Waals surface area contributed by atoms with Gasteiger partial charge >= 0.3 is 0 Å². The highest BCUT2D eigenvalue weighted by Gasteiger charge is 2.15. The zero-order valence-electron chi connectivity index (χ0n) is 36.9. The highest BCUT2D eigenvalue weighted by atomic mass is 16.5. The minimum absolute atomic E-state index is 0.808. The largest absolute Gasteiger partial charge is 0.497 e. The van der Waals surface area contributed by atoms with Gasteiger partial charge in [-0.15, -0.1) is 0 Å². The SMILES string of the molecule is COc1ccc(N(c2ccc(/C=C/c3cc(C)nc(-c4cc(/C=C/c5ccc(N(c6ccc(OC)cc6)c6ccc(OC)cc6)cc5)cc(C)n4)c3)cc2)c2ccc(OC)cc2)cc1. The molecular weight excluding hydrogens is 793 g/mol. The highest BCUT2D eigenvalue weighted by molar-refractivity contribution is 5.81. The van der Waals surface area contributed by atoms with Crippen molar-refractivity contribution < 1.29 is 18.9 Å². The van der Waals surface area contributed by atoms with Crippen molar-refractivity contribution in [3.05, 3.63) is 203 Å². The van der Waals surface area contributed by atoms with Crippen molar-refractivity contribution in [3.63, 3.8) is 0 Å². The molecule has 64 heavy (non-hydrogen) atoms. The van der Waals surface area contributed by atoms with E-state index in [0.29, 0.717) is 0 Å². The predicted molar refractivity (Wildman–Crippen MR) is 263 cm³/mol. The molecular formula is C56H50N4O4. The normalized spacial score (nSPS) is 11.2. The lowest BCUT2D eigenvalue weighted by molar-refractivity contribution is 0.414. The molecule has 8 heteroatoms. The molecule has 0 N–H and O–H groups in total. The number of rotatable bonds is 15. The minimum Gasteiger partial charge on any atom is -0.497 e. The molecule has 0 fully saturated rings. The van der Waals surface area contributed by atoms with Gasteiger partial charge in [0.05, 0.1) is 39.8 Å². The summed E-state index contributed by atoms with van der Waals surface area (Å²) in [5.74, 6) is 3.23. The highest BCUT2D eigenvalue weighted by Crippen LogP contribution is 2.38. The summed E-state index contributed by atoms with van der Waals surface area (Å²) in [6.45, 7) is 4.04. The van der Waals surface area contributed by atoms with Gasteiger partial charge in [0, 0.05) is 45.5 Å². The molecule has 318 valence electrons. The van der Waals surface area contributed by atoms with E-state index < -0.39 is 0 Å². The van der Waals surface area contributed by atoms with Gasteiger partial charge in [0.15, 0.2) is 0 Å². The monoisotopic (exact) mass is 842 g/mol. The van der Waals surface area contributed by atoms with Gasteiger partial charge in [-0.1, -0.05) is 48.6 Å². The average Bonchev–Trinajstić information content (AvgIpc) is 3.34. The van der Waals surface area contributed by atoms with Gasteiger partial charge in [-0.2, -0.15) is 0 Å². The second-order valence-electron chi connectivity index (χ2n) is 15.2. The molecule has 0 spiro atoms. The van der Waals surface area contributed by atoms with Gasteiger partial charge in [-0.25, -0.2) is 0 Å². The smallest absolute Gasteiger partial charge is 0.119 e. The number of anilines is 6. The predicted octanol–water partition coefficient (Wildman–Crippen LogP) is 14.1. The second-order valence-corrected chi connectivity index (χ2v) is 15.2. The van der Waals surface area contributed by atoms with Crippen LogP contribution in [-0.2, 0) is 0 Å². The molecule has 0 unspecified atom stereocenters. The number of aryl methyl sites for hydroxylation is 2. The van der Waals surface area contributed by atoms with Crippen LogP contribution in [0.3, 0.4) is 0 Å². The summed E-state index contributed by atoms with van der Waals surface area (Å²) in [6, 6.07) is 57.7. The third-order valence-corrected chi connectivity index (χ3v) is 10.8. The minimum atomic E-state index is 0.808. The molecule has 0 aliphatic rings. The Bertz CT molecular complexity index is 2560. The zero-order chi connectivity index (χ0) is 44.4. The number of aromatic nitrogens is 2. The van der Waals surface area contributed by atoms with Gasteiger partial charge < -0.3 is 28.7 Å². The van der Waals surface area contributed by atoms with Crippen molar-refractivity contribution in [2.24, 2.45) is 0 Å². The number of nitrogens with zero attached hydrogens (tertiary/aromatic N) is 4. The van der Waals surface area contributed by atoms with E-state index >= 15 is 0 Å². The van der Waals surface area contributed by atoms with E-state index in [4.69, 9.17) is 28.9 Å². The van der Waals surface area contributed by atoms with Crippen molar-refractivity contribution >= 4 is 58.4 Å². The Hall–Kier alpha value is -8.10. The Morgan fingerprint density at radius 3 is 0.797 bits per heavy atom. The van der Waals surface area contributed by atoms with E-state index in [1.165, 1.54) is 0 Å². The van der Waals surface area contributed by atoms with Gasteiger partial charge in [-0.3, -0.25) is 9.97 Å². The molecule has 0 aliphatic heterocycles. The molecule has 0 amide bonds. The van der Waals surface area contributed by atoms with Crippen molar-refractivity contribution in [1.29, 1.82) is 0 Å². The summed E-state index contributed by atoms with van der Waals surface area (Å²) in [5.41, 5.74) is 13.9. The Balaban J connectivity index is 0.997. The number of hydrogen-bond donors (Lipinski definition) is 0. The fraction of sp³-hybridized carbons (Fsp3) is 0.107. The van der Waals surface area contributed by atoms with Crippen LogP contribution in [0.2, 0.25) is 0 Å². The van der Waals surface area contributed by atoms with Crippen LogP contribution >= 0.6 is 0 Å². The fourth-order valence-corrected chi connectivity index (χ4v) is 7.52. The lowest BCUT2D eigenvalue weighted by atomic mass is 10.1. The second kappa shape index (κ2) is 19.7. The summed E-state index contributed by atoms with van der Waals surface area (Å²) < 4.78 is 21.7. The van der Waals surface area contributed by atoms with Crippen molar-refractivity contribution in [2.75, 3.05) is 38.2 Å². The maximum absolute atomic E-state index is 5.42. The molecule has 8 rings (SSSR count). The molecule has 0 aliphatic carbocycles. The Morgan fingerprint density at radius 2 is 0.547 bits per heavy atom. The summed E-state index contributed by atoms with van der Waals surface area (Å²) in [6.07, 6.45) is 8.51. The number of benzene rings is 6. The maximum atomic E-state index is 5.42. The van der Waals surface area contributed by atoms with Crippen LogP contribution in [0.25, 0.3) is 35.7 Å². The summed E-state index contributed by atoms with van der Waals surface area (Å²) >= 11 is 0. The van der Waals surface area contributed by atoms with Crippen LogP contribution in [0.4, 0.5) is 34.1 Å². The van der Waals surface area contributed by atoms with E-state index in [1.807, 2.05) is 62.4 Å². The zero-order valence-corrected chi connectivity index (χ0v) is 36.9. The third-order valence-electron chi connectivity index (χ3n) is 10.8. The van der Waals surface area contributed by atoms with Crippen molar-refractivity contribution in [2.45, 2.75) is 13.8 Å². The lowest BCUT2D eigenvalue weighted by Gasteiger charge is -2.26. The van der Waals surface area contributed by atoms with Crippen LogP contribution in [0.15, 0.2) is 170 Å². The molecule has 6 aromatic carbocycles. The lowest BCUT2D eigenvalue weighted by Crippen LogP contribution is -2.09. The van der Waals surface area contributed by atoms with Crippen LogP contribution in [0, 0.1) is 13.8 Å². The quantitative estimate of drug-likeness (QED) is 0.101. The van der Waals surface area contributed by atoms with Gasteiger partial charge in [-0.05, 0) is 182 Å². The van der Waals surface area contributed by atoms with Crippen LogP contribution in [0.5, 0.6) is 23.0 Å². The fourth-order valence-electron chi connectivity index (χ4n) is 7.52. The molecule has 0 radical (unpaired) electrons. The molecule has 0 bridgehead atoms. The van der Waals surface area contributed by atoms with Gasteiger partial charge in [0.25, 0.3) is 0 Å². The van der Waals surface area contributed by atoms with E-state index in [0.717, 1.165) is 102 Å². The maximum Gasteiger partial charge on any atom is 0.119 e. The average molecular weight is 843 g/mol. The molecule has 0 saturated heterocycles. The van der Waals surface area contributed by atoms with Gasteiger partial charge in [0.1, 0.15) is 23.0 Å². The van der Waals surface area contributed by atoms with Crippen LogP contribution in [0.1, 0.15) is 33.6 Å². The van der Waals surface area contributed by atoms with Crippen molar-refractivity contribution in [3.8, 4) is 34.4 Å². The van der Waals surface area contributed by atoms with E-state index in [2.05, 4.69) is 155 Å². The summed E-state index contributed by atoms with van der Waals surface area (Å²) in [7, 11) is 6.71. The Kier molecular flexibility index (Phi) is 13.1. The van der Waals surface area contributed by atoms with E-state index in [-0.39, 0.29) is 0 Å². The van der Waals surface area contributed by atoms with E-state index in [9.17, 15) is 0 Å². The number of methoxy groups -OCH3 is 4. The number of hydrogen-bond acceptors (Lipinski definition) is 8. The van der Waals surface area contributed by atoms with Crippen LogP contribution < -0.4 is 28.7 Å². The first-order valence-corrected chi connectivity index (χ1v) is 21.0. The first-order valence-electron chi connectivity index (χ1n) is 21.0. The third kappa shape index (κ3) is 10.2. The van der Waals surface area contributed by atoms with Crippen LogP contribution in [-0.4, -0.2) is 38.4 Å². The molecule has 0 saturated carbocycles. The standard InChI is InChI=1S/C56H50N4O4/c1-39-35-43(9-7-41-11-15-45(16-12-41)59(47-19-27-51(61-3)28-20-47)48-21-29-52(62-4)30-22-48)37-55(57-39)56-38-44(36-40(2)58-56)10-8-42-13-17-46(18-14-42)60(49-23-31-53(63-5)32-24-49)50-25-33-54(64-6)34-26-50/h7-38H,1-6H3/b9-7+,10-8+. The molecule has 2 heterocycles. The Labute approximate surface area is 376 Å². The van der Waals surface area contributed by atoms with Gasteiger partial charge in [0.2, 0.25) is 0 Å². The Morgan fingerprint density at radius 1 is 0.312 bits per heavy atom. The van der Waals surface area contributed by atoms with Crippen molar-refractivity contribution in [1.82, 2.24) is 9.97 Å². The topological polar surface area (TPSA) is 69.2 Å². The molecule has 2 aromatic heterocycles. The molecule has 8 nitrogen and oxygen atoms in total. The number of pyridine rings is 2. The molecule has 0 atom stereocenters. The van der Waals surface area contributed by atoms with E-state index in [1.54, 1.807) is 28.4 Å². The molecule has 8 aromatic rings.